The minimum atomic E-state index is -1.00. The third-order valence-electron chi connectivity index (χ3n) is 2.95. The zero-order chi connectivity index (χ0) is 12.3. The summed E-state index contributed by atoms with van der Waals surface area (Å²) in [5.74, 6) is 1.18. The molecule has 2 rings (SSSR count). The fourth-order valence-corrected chi connectivity index (χ4v) is 3.81. The Morgan fingerprint density at radius 1 is 1.41 bits per heavy atom. The molecular formula is C12H16BrNO2S. The molecule has 2 N–H and O–H groups in total. The molecule has 5 heteroatoms. The maximum absolute atomic E-state index is 12.2. The van der Waals surface area contributed by atoms with E-state index in [1.807, 2.05) is 12.1 Å². The van der Waals surface area contributed by atoms with Gasteiger partial charge in [-0.2, -0.15) is 0 Å². The van der Waals surface area contributed by atoms with Crippen molar-refractivity contribution in [1.82, 2.24) is 0 Å². The summed E-state index contributed by atoms with van der Waals surface area (Å²) in [6.07, 6.45) is 2.00. The molecule has 1 aromatic carbocycles. The van der Waals surface area contributed by atoms with Gasteiger partial charge in [-0.1, -0.05) is 15.9 Å². The number of nitrogens with two attached hydrogens (primary N) is 1. The smallest absolute Gasteiger partial charge is 0.0618 e. The van der Waals surface area contributed by atoms with Crippen LogP contribution in [0.2, 0.25) is 0 Å². The lowest BCUT2D eigenvalue weighted by Gasteiger charge is -2.21. The van der Waals surface area contributed by atoms with E-state index in [1.54, 1.807) is 6.07 Å². The van der Waals surface area contributed by atoms with Crippen LogP contribution < -0.4 is 5.73 Å². The van der Waals surface area contributed by atoms with E-state index in [0.717, 1.165) is 35.4 Å². The van der Waals surface area contributed by atoms with E-state index >= 15 is 0 Å². The van der Waals surface area contributed by atoms with Crippen LogP contribution in [-0.2, 0) is 15.5 Å². The number of ether oxygens (including phenoxy) is 1. The summed E-state index contributed by atoms with van der Waals surface area (Å²) in [6, 6.07) is 5.53. The zero-order valence-corrected chi connectivity index (χ0v) is 11.9. The number of benzene rings is 1. The molecule has 0 saturated carbocycles. The molecule has 1 unspecified atom stereocenters. The monoisotopic (exact) mass is 317 g/mol. The molecule has 1 heterocycles. The lowest BCUT2D eigenvalue weighted by atomic mass is 10.0. The number of anilines is 1. The second-order valence-corrected chi connectivity index (χ2v) is 6.63. The summed E-state index contributed by atoms with van der Waals surface area (Å²) in [6.45, 7) is 1.58. The molecule has 0 radical (unpaired) electrons. The Labute approximate surface area is 112 Å². The molecule has 0 aliphatic carbocycles. The predicted octanol–water partition coefficient (Wildman–Crippen LogP) is 2.57. The highest BCUT2D eigenvalue weighted by molar-refractivity contribution is 9.10. The van der Waals surface area contributed by atoms with Crippen molar-refractivity contribution in [3.63, 3.8) is 0 Å². The summed E-state index contributed by atoms with van der Waals surface area (Å²) in [7, 11) is -1.00. The highest BCUT2D eigenvalue weighted by atomic mass is 79.9. The minimum absolute atomic E-state index is 0.493. The van der Waals surface area contributed by atoms with Crippen LogP contribution in [-0.4, -0.2) is 23.2 Å². The van der Waals surface area contributed by atoms with Crippen LogP contribution in [0.15, 0.2) is 27.6 Å². The lowest BCUT2D eigenvalue weighted by Crippen LogP contribution is -2.21. The molecule has 0 spiro atoms. The zero-order valence-electron chi connectivity index (χ0n) is 9.52. The van der Waals surface area contributed by atoms with E-state index in [2.05, 4.69) is 15.9 Å². The molecule has 94 valence electrons. The summed E-state index contributed by atoms with van der Waals surface area (Å²) in [5, 5.41) is 0. The molecule has 1 fully saturated rings. The summed E-state index contributed by atoms with van der Waals surface area (Å²) in [5.41, 5.74) is 6.48. The number of hydrogen-bond donors (Lipinski definition) is 1. The normalized spacial score (nSPS) is 19.1. The van der Waals surface area contributed by atoms with Crippen molar-refractivity contribution in [1.29, 1.82) is 0 Å². The average Bonchev–Trinajstić information content (AvgIpc) is 2.30. The van der Waals surface area contributed by atoms with E-state index in [9.17, 15) is 4.21 Å². The highest BCUT2D eigenvalue weighted by Crippen LogP contribution is 2.24. The van der Waals surface area contributed by atoms with E-state index in [1.165, 1.54) is 0 Å². The van der Waals surface area contributed by atoms with Crippen molar-refractivity contribution in [3.8, 4) is 0 Å². The number of halogens is 1. The molecule has 1 atom stereocenters. The third-order valence-corrected chi connectivity index (χ3v) is 5.07. The first kappa shape index (κ1) is 13.1. The van der Waals surface area contributed by atoms with Gasteiger partial charge in [-0.3, -0.25) is 4.21 Å². The van der Waals surface area contributed by atoms with Gasteiger partial charge in [0.1, 0.15) is 0 Å². The Balaban J connectivity index is 2.03. The van der Waals surface area contributed by atoms with Gasteiger partial charge in [0, 0.05) is 29.1 Å². The first-order valence-electron chi connectivity index (χ1n) is 5.68. The van der Waals surface area contributed by atoms with E-state index in [-0.39, 0.29) is 0 Å². The molecule has 17 heavy (non-hydrogen) atoms. The topological polar surface area (TPSA) is 52.3 Å². The molecule has 1 aliphatic heterocycles. The SMILES string of the molecule is Nc1cc(Br)ccc1S(=O)CC1CCOCC1. The van der Waals surface area contributed by atoms with Crippen LogP contribution in [0.3, 0.4) is 0 Å². The molecule has 3 nitrogen and oxygen atoms in total. The summed E-state index contributed by atoms with van der Waals surface area (Å²) in [4.78, 5) is 0.750. The highest BCUT2D eigenvalue weighted by Gasteiger charge is 2.18. The third kappa shape index (κ3) is 3.53. The minimum Gasteiger partial charge on any atom is -0.398 e. The van der Waals surface area contributed by atoms with Crippen LogP contribution in [0.5, 0.6) is 0 Å². The Bertz CT molecular complexity index is 419. The van der Waals surface area contributed by atoms with Gasteiger partial charge in [0.2, 0.25) is 0 Å². The Hall–Kier alpha value is -0.390. The van der Waals surface area contributed by atoms with Crippen LogP contribution in [0, 0.1) is 5.92 Å². The van der Waals surface area contributed by atoms with Gasteiger partial charge < -0.3 is 10.5 Å². The van der Waals surface area contributed by atoms with Gasteiger partial charge in [-0.25, -0.2) is 0 Å². The fraction of sp³-hybridized carbons (Fsp3) is 0.500. The molecule has 1 saturated heterocycles. The second kappa shape index (κ2) is 5.98. The number of hydrogen-bond acceptors (Lipinski definition) is 3. The van der Waals surface area contributed by atoms with E-state index in [4.69, 9.17) is 10.5 Å². The number of rotatable bonds is 3. The molecule has 1 aliphatic rings. The average molecular weight is 318 g/mol. The van der Waals surface area contributed by atoms with Gasteiger partial charge >= 0.3 is 0 Å². The molecule has 1 aromatic rings. The van der Waals surface area contributed by atoms with Gasteiger partial charge in [0.15, 0.2) is 0 Å². The standard InChI is InChI=1S/C12H16BrNO2S/c13-10-1-2-12(11(14)7-10)17(15)8-9-3-5-16-6-4-9/h1-2,7,9H,3-6,8,14H2. The van der Waals surface area contributed by atoms with Crippen molar-refractivity contribution in [2.45, 2.75) is 17.7 Å². The van der Waals surface area contributed by atoms with Crippen LogP contribution in [0.4, 0.5) is 5.69 Å². The molecule has 0 amide bonds. The van der Waals surface area contributed by atoms with Crippen LogP contribution in [0.25, 0.3) is 0 Å². The van der Waals surface area contributed by atoms with Gasteiger partial charge in [-0.05, 0) is 37.0 Å². The summed E-state index contributed by atoms with van der Waals surface area (Å²) < 4.78 is 18.4. The van der Waals surface area contributed by atoms with Gasteiger partial charge in [0.05, 0.1) is 15.7 Å². The Kier molecular flexibility index (Phi) is 4.59. The van der Waals surface area contributed by atoms with Gasteiger partial charge in [-0.15, -0.1) is 0 Å². The summed E-state index contributed by atoms with van der Waals surface area (Å²) >= 11 is 3.35. The second-order valence-electron chi connectivity index (χ2n) is 4.25. The van der Waals surface area contributed by atoms with Crippen molar-refractivity contribution in [3.05, 3.63) is 22.7 Å². The van der Waals surface area contributed by atoms with Crippen molar-refractivity contribution >= 4 is 32.4 Å². The van der Waals surface area contributed by atoms with Crippen LogP contribution in [0.1, 0.15) is 12.8 Å². The Morgan fingerprint density at radius 2 is 2.12 bits per heavy atom. The van der Waals surface area contributed by atoms with Crippen LogP contribution >= 0.6 is 15.9 Å². The molecule has 0 aromatic heterocycles. The van der Waals surface area contributed by atoms with E-state index in [0.29, 0.717) is 17.4 Å². The van der Waals surface area contributed by atoms with Crippen molar-refractivity contribution < 1.29 is 8.95 Å². The maximum Gasteiger partial charge on any atom is 0.0618 e. The predicted molar refractivity (Wildman–Crippen MR) is 73.4 cm³/mol. The largest absolute Gasteiger partial charge is 0.398 e. The van der Waals surface area contributed by atoms with Crippen molar-refractivity contribution in [2.75, 3.05) is 24.7 Å². The fourth-order valence-electron chi connectivity index (χ4n) is 1.94. The lowest BCUT2D eigenvalue weighted by molar-refractivity contribution is 0.0725. The first-order valence-corrected chi connectivity index (χ1v) is 7.79. The molecular weight excluding hydrogens is 302 g/mol. The number of nitrogen functional groups attached to an aromatic ring is 1. The maximum atomic E-state index is 12.2. The first-order chi connectivity index (χ1) is 8.16. The molecule has 0 bridgehead atoms. The van der Waals surface area contributed by atoms with E-state index < -0.39 is 10.8 Å². The Morgan fingerprint density at radius 3 is 2.76 bits per heavy atom. The quantitative estimate of drug-likeness (QED) is 0.872. The van der Waals surface area contributed by atoms with Gasteiger partial charge in [0.25, 0.3) is 0 Å². The van der Waals surface area contributed by atoms with Crippen molar-refractivity contribution in [2.24, 2.45) is 5.92 Å².